The van der Waals surface area contributed by atoms with Crippen LogP contribution >= 0.6 is 0 Å². The van der Waals surface area contributed by atoms with Crippen LogP contribution in [0.3, 0.4) is 0 Å². The standard InChI is InChI=1S/C14H21NO/c1-10(2)11-7-6-8-12(13(11)16)15-9-14(3,4)5/h6-10,16H,1-5H3. The molecule has 1 aromatic carbocycles. The van der Waals surface area contributed by atoms with Crippen molar-refractivity contribution in [2.24, 2.45) is 10.4 Å². The molecule has 0 aliphatic rings. The lowest BCUT2D eigenvalue weighted by Crippen LogP contribution is -2.05. The average Bonchev–Trinajstić information content (AvgIpc) is 2.14. The number of rotatable bonds is 2. The fourth-order valence-electron chi connectivity index (χ4n) is 1.38. The predicted molar refractivity (Wildman–Crippen MR) is 69.8 cm³/mol. The van der Waals surface area contributed by atoms with Gasteiger partial charge in [0, 0.05) is 6.21 Å². The van der Waals surface area contributed by atoms with Crippen molar-refractivity contribution in [1.29, 1.82) is 0 Å². The molecular weight excluding hydrogens is 198 g/mol. The van der Waals surface area contributed by atoms with Gasteiger partial charge in [-0.05, 0) is 23.0 Å². The third-order valence-electron chi connectivity index (χ3n) is 2.26. The van der Waals surface area contributed by atoms with Crippen LogP contribution in [0, 0.1) is 5.41 Å². The SMILES string of the molecule is CC(C)c1cccc(N=CC(C)(C)C)c1O. The first-order chi connectivity index (χ1) is 7.31. The molecule has 0 aliphatic heterocycles. The Morgan fingerprint density at radius 3 is 2.38 bits per heavy atom. The van der Waals surface area contributed by atoms with E-state index in [1.54, 1.807) is 0 Å². The first-order valence-electron chi connectivity index (χ1n) is 5.68. The molecular formula is C14H21NO. The molecule has 1 rings (SSSR count). The van der Waals surface area contributed by atoms with Gasteiger partial charge < -0.3 is 5.11 Å². The Hall–Kier alpha value is -1.31. The first kappa shape index (κ1) is 12.8. The highest BCUT2D eigenvalue weighted by Crippen LogP contribution is 2.34. The minimum Gasteiger partial charge on any atom is -0.505 e. The van der Waals surface area contributed by atoms with Gasteiger partial charge in [0.1, 0.15) is 11.4 Å². The van der Waals surface area contributed by atoms with E-state index in [1.165, 1.54) is 0 Å². The van der Waals surface area contributed by atoms with E-state index in [2.05, 4.69) is 39.6 Å². The molecule has 0 saturated carbocycles. The summed E-state index contributed by atoms with van der Waals surface area (Å²) in [5.41, 5.74) is 1.63. The van der Waals surface area contributed by atoms with Gasteiger partial charge in [0.05, 0.1) is 0 Å². The van der Waals surface area contributed by atoms with Crippen molar-refractivity contribution >= 4 is 11.9 Å². The third kappa shape index (κ3) is 3.37. The van der Waals surface area contributed by atoms with Crippen molar-refractivity contribution in [2.75, 3.05) is 0 Å². The fourth-order valence-corrected chi connectivity index (χ4v) is 1.38. The Morgan fingerprint density at radius 1 is 1.25 bits per heavy atom. The van der Waals surface area contributed by atoms with Crippen LogP contribution in [-0.4, -0.2) is 11.3 Å². The molecule has 16 heavy (non-hydrogen) atoms. The highest BCUT2D eigenvalue weighted by atomic mass is 16.3. The van der Waals surface area contributed by atoms with Gasteiger partial charge in [0.25, 0.3) is 0 Å². The second-order valence-electron chi connectivity index (χ2n) is 5.49. The van der Waals surface area contributed by atoms with E-state index in [0.29, 0.717) is 17.4 Å². The summed E-state index contributed by atoms with van der Waals surface area (Å²) in [5, 5.41) is 10.0. The molecule has 88 valence electrons. The van der Waals surface area contributed by atoms with Gasteiger partial charge in [-0.25, -0.2) is 0 Å². The molecule has 0 atom stereocenters. The fraction of sp³-hybridized carbons (Fsp3) is 0.500. The Kier molecular flexibility index (Phi) is 3.74. The van der Waals surface area contributed by atoms with Gasteiger partial charge in [0.15, 0.2) is 0 Å². The molecule has 1 aromatic rings. The maximum Gasteiger partial charge on any atom is 0.144 e. The molecule has 0 radical (unpaired) electrons. The molecule has 0 saturated heterocycles. The van der Waals surface area contributed by atoms with Crippen molar-refractivity contribution in [3.8, 4) is 5.75 Å². The molecule has 2 heteroatoms. The van der Waals surface area contributed by atoms with E-state index in [9.17, 15) is 5.11 Å². The second-order valence-corrected chi connectivity index (χ2v) is 5.49. The molecule has 0 aromatic heterocycles. The molecule has 1 N–H and O–H groups in total. The summed E-state index contributed by atoms with van der Waals surface area (Å²) in [7, 11) is 0. The van der Waals surface area contributed by atoms with Crippen LogP contribution in [0.5, 0.6) is 5.75 Å². The van der Waals surface area contributed by atoms with Crippen molar-refractivity contribution < 1.29 is 5.11 Å². The smallest absolute Gasteiger partial charge is 0.144 e. The minimum atomic E-state index is 0.0281. The van der Waals surface area contributed by atoms with Crippen molar-refractivity contribution in [1.82, 2.24) is 0 Å². The summed E-state index contributed by atoms with van der Waals surface area (Å²) in [6.07, 6.45) is 1.87. The monoisotopic (exact) mass is 219 g/mol. The number of phenols is 1. The minimum absolute atomic E-state index is 0.0281. The van der Waals surface area contributed by atoms with Crippen LogP contribution in [0.25, 0.3) is 0 Å². The lowest BCUT2D eigenvalue weighted by Gasteiger charge is -2.12. The summed E-state index contributed by atoms with van der Waals surface area (Å²) in [6, 6.07) is 5.71. The van der Waals surface area contributed by atoms with Gasteiger partial charge in [-0.3, -0.25) is 4.99 Å². The van der Waals surface area contributed by atoms with Gasteiger partial charge in [-0.2, -0.15) is 0 Å². The molecule has 0 bridgehead atoms. The van der Waals surface area contributed by atoms with Crippen molar-refractivity contribution in [3.05, 3.63) is 23.8 Å². The van der Waals surface area contributed by atoms with Crippen molar-refractivity contribution in [3.63, 3.8) is 0 Å². The maximum absolute atomic E-state index is 10.0. The van der Waals surface area contributed by atoms with Crippen LogP contribution in [0.2, 0.25) is 0 Å². The van der Waals surface area contributed by atoms with Crippen LogP contribution in [0.4, 0.5) is 5.69 Å². The number of phenolic OH excluding ortho intramolecular Hbond substituents is 1. The van der Waals surface area contributed by atoms with E-state index in [0.717, 1.165) is 5.56 Å². The Balaban J connectivity index is 3.07. The number of nitrogens with zero attached hydrogens (tertiary/aromatic N) is 1. The van der Waals surface area contributed by atoms with Gasteiger partial charge in [-0.15, -0.1) is 0 Å². The number of hydrogen-bond acceptors (Lipinski definition) is 2. The second kappa shape index (κ2) is 4.69. The van der Waals surface area contributed by atoms with Crippen LogP contribution in [0.15, 0.2) is 23.2 Å². The van der Waals surface area contributed by atoms with E-state index in [-0.39, 0.29) is 5.41 Å². The molecule has 0 unspecified atom stereocenters. The summed E-state index contributed by atoms with van der Waals surface area (Å²) < 4.78 is 0. The van der Waals surface area contributed by atoms with E-state index >= 15 is 0 Å². The number of aromatic hydroxyl groups is 1. The maximum atomic E-state index is 10.0. The summed E-state index contributed by atoms with van der Waals surface area (Å²) in [5.74, 6) is 0.614. The number of benzene rings is 1. The Labute approximate surface area is 98.0 Å². The molecule has 0 spiro atoms. The zero-order valence-corrected chi connectivity index (χ0v) is 10.8. The average molecular weight is 219 g/mol. The largest absolute Gasteiger partial charge is 0.505 e. The van der Waals surface area contributed by atoms with Crippen LogP contribution < -0.4 is 0 Å². The molecule has 0 fully saturated rings. The quantitative estimate of drug-likeness (QED) is 0.740. The highest BCUT2D eigenvalue weighted by molar-refractivity contribution is 5.71. The van der Waals surface area contributed by atoms with E-state index in [1.807, 2.05) is 24.4 Å². The molecule has 0 amide bonds. The Bertz CT molecular complexity index is 386. The topological polar surface area (TPSA) is 32.6 Å². The predicted octanol–water partition coefficient (Wildman–Crippen LogP) is 4.26. The molecule has 0 heterocycles. The van der Waals surface area contributed by atoms with Gasteiger partial charge in [-0.1, -0.05) is 46.8 Å². The highest BCUT2D eigenvalue weighted by Gasteiger charge is 2.10. The lowest BCUT2D eigenvalue weighted by molar-refractivity contribution is 0.466. The lowest BCUT2D eigenvalue weighted by atomic mass is 9.98. The van der Waals surface area contributed by atoms with Crippen molar-refractivity contribution in [2.45, 2.75) is 40.5 Å². The van der Waals surface area contributed by atoms with Crippen LogP contribution in [-0.2, 0) is 0 Å². The first-order valence-corrected chi connectivity index (χ1v) is 5.68. The summed E-state index contributed by atoms with van der Waals surface area (Å²) in [4.78, 5) is 4.35. The van der Waals surface area contributed by atoms with Gasteiger partial charge >= 0.3 is 0 Å². The van der Waals surface area contributed by atoms with E-state index < -0.39 is 0 Å². The zero-order valence-electron chi connectivity index (χ0n) is 10.8. The summed E-state index contributed by atoms with van der Waals surface area (Å²) in [6.45, 7) is 10.4. The normalized spacial score (nSPS) is 12.6. The van der Waals surface area contributed by atoms with E-state index in [4.69, 9.17) is 0 Å². The number of hydrogen-bond donors (Lipinski definition) is 1. The summed E-state index contributed by atoms with van der Waals surface area (Å²) >= 11 is 0. The third-order valence-corrected chi connectivity index (χ3v) is 2.26. The number of aliphatic imine (C=N–C) groups is 1. The van der Waals surface area contributed by atoms with Crippen LogP contribution in [0.1, 0.15) is 46.1 Å². The Morgan fingerprint density at radius 2 is 1.88 bits per heavy atom. The zero-order chi connectivity index (χ0) is 12.3. The molecule has 0 aliphatic carbocycles. The molecule has 2 nitrogen and oxygen atoms in total. The van der Waals surface area contributed by atoms with Gasteiger partial charge in [0.2, 0.25) is 0 Å². The number of para-hydroxylation sites is 1.